The first-order valence-electron chi connectivity index (χ1n) is 8.85. The number of hydrogen-bond acceptors (Lipinski definition) is 5. The maximum absolute atomic E-state index is 12.3. The SMILES string of the molecule is CC(C)c1nc(CCNC(=O)C2CCN(C(=O)OC(C)(C)C)C2)cs1. The number of nitrogens with one attached hydrogen (secondary N) is 1. The molecule has 1 unspecified atom stereocenters. The fourth-order valence-corrected chi connectivity index (χ4v) is 3.50. The summed E-state index contributed by atoms with van der Waals surface area (Å²) >= 11 is 1.67. The van der Waals surface area contributed by atoms with Gasteiger partial charge in [0.2, 0.25) is 5.91 Å². The lowest BCUT2D eigenvalue weighted by Crippen LogP contribution is -2.38. The number of carbonyl (C=O) groups is 2. The minimum Gasteiger partial charge on any atom is -0.444 e. The monoisotopic (exact) mass is 367 g/mol. The van der Waals surface area contributed by atoms with E-state index in [0.717, 1.165) is 17.1 Å². The van der Waals surface area contributed by atoms with Gasteiger partial charge in [0.1, 0.15) is 5.60 Å². The van der Waals surface area contributed by atoms with E-state index in [2.05, 4.69) is 29.5 Å². The van der Waals surface area contributed by atoms with E-state index in [1.165, 1.54) is 0 Å². The van der Waals surface area contributed by atoms with Gasteiger partial charge in [0.05, 0.1) is 16.6 Å². The third-order valence-corrected chi connectivity index (χ3v) is 5.15. The zero-order chi connectivity index (χ0) is 18.6. The molecule has 6 nitrogen and oxygen atoms in total. The van der Waals surface area contributed by atoms with Crippen molar-refractivity contribution < 1.29 is 14.3 Å². The predicted molar refractivity (Wildman–Crippen MR) is 98.8 cm³/mol. The molecule has 1 atom stereocenters. The van der Waals surface area contributed by atoms with Crippen molar-refractivity contribution in [1.82, 2.24) is 15.2 Å². The summed E-state index contributed by atoms with van der Waals surface area (Å²) in [5, 5.41) is 6.15. The van der Waals surface area contributed by atoms with Gasteiger partial charge in [-0.2, -0.15) is 0 Å². The number of thiazole rings is 1. The van der Waals surface area contributed by atoms with Crippen molar-refractivity contribution in [2.24, 2.45) is 5.92 Å². The topological polar surface area (TPSA) is 71.5 Å². The number of carbonyl (C=O) groups excluding carboxylic acids is 2. The van der Waals surface area contributed by atoms with Gasteiger partial charge in [-0.15, -0.1) is 11.3 Å². The number of hydrogen-bond donors (Lipinski definition) is 1. The number of nitrogens with zero attached hydrogens (tertiary/aromatic N) is 2. The highest BCUT2D eigenvalue weighted by atomic mass is 32.1. The molecule has 7 heteroatoms. The van der Waals surface area contributed by atoms with Crippen LogP contribution in [0.3, 0.4) is 0 Å². The van der Waals surface area contributed by atoms with Crippen molar-refractivity contribution in [3.05, 3.63) is 16.1 Å². The smallest absolute Gasteiger partial charge is 0.410 e. The Hall–Kier alpha value is -1.63. The molecule has 1 aliphatic rings. The van der Waals surface area contributed by atoms with Crippen molar-refractivity contribution in [2.45, 2.75) is 59.0 Å². The summed E-state index contributed by atoms with van der Waals surface area (Å²) in [6.45, 7) is 11.3. The van der Waals surface area contributed by atoms with E-state index in [0.29, 0.717) is 32.0 Å². The van der Waals surface area contributed by atoms with Crippen molar-refractivity contribution in [3.8, 4) is 0 Å². The Morgan fingerprint density at radius 1 is 1.44 bits per heavy atom. The highest BCUT2D eigenvalue weighted by molar-refractivity contribution is 7.09. The Kier molecular flexibility index (Phi) is 6.43. The Morgan fingerprint density at radius 3 is 2.76 bits per heavy atom. The summed E-state index contributed by atoms with van der Waals surface area (Å²) in [7, 11) is 0. The van der Waals surface area contributed by atoms with Gasteiger partial charge in [-0.05, 0) is 27.2 Å². The Morgan fingerprint density at radius 2 is 2.16 bits per heavy atom. The van der Waals surface area contributed by atoms with Gasteiger partial charge in [-0.1, -0.05) is 13.8 Å². The quantitative estimate of drug-likeness (QED) is 0.868. The number of likely N-dealkylation sites (tertiary alicyclic amines) is 1. The zero-order valence-electron chi connectivity index (χ0n) is 15.8. The Bertz CT molecular complexity index is 607. The molecule has 1 saturated heterocycles. The van der Waals surface area contributed by atoms with Gasteiger partial charge in [0.25, 0.3) is 0 Å². The third kappa shape index (κ3) is 5.99. The summed E-state index contributed by atoms with van der Waals surface area (Å²) in [4.78, 5) is 30.5. The van der Waals surface area contributed by atoms with E-state index in [9.17, 15) is 9.59 Å². The largest absolute Gasteiger partial charge is 0.444 e. The maximum atomic E-state index is 12.3. The van der Waals surface area contributed by atoms with Crippen molar-refractivity contribution >= 4 is 23.3 Å². The second-order valence-corrected chi connectivity index (χ2v) is 8.67. The lowest BCUT2D eigenvalue weighted by molar-refractivity contribution is -0.124. The van der Waals surface area contributed by atoms with E-state index >= 15 is 0 Å². The first kappa shape index (κ1) is 19.7. The van der Waals surface area contributed by atoms with Crippen LogP contribution in [-0.2, 0) is 16.0 Å². The van der Waals surface area contributed by atoms with Crippen LogP contribution in [0.2, 0.25) is 0 Å². The average Bonchev–Trinajstić information content (AvgIpc) is 3.14. The molecule has 25 heavy (non-hydrogen) atoms. The van der Waals surface area contributed by atoms with Crippen LogP contribution in [0.1, 0.15) is 57.7 Å². The van der Waals surface area contributed by atoms with Crippen LogP contribution in [0, 0.1) is 5.92 Å². The molecular weight excluding hydrogens is 338 g/mol. The molecule has 1 aromatic rings. The van der Waals surface area contributed by atoms with Crippen LogP contribution in [0.25, 0.3) is 0 Å². The van der Waals surface area contributed by atoms with Crippen molar-refractivity contribution in [3.63, 3.8) is 0 Å². The van der Waals surface area contributed by atoms with Crippen LogP contribution in [0.15, 0.2) is 5.38 Å². The lowest BCUT2D eigenvalue weighted by atomic mass is 10.1. The van der Waals surface area contributed by atoms with Gasteiger partial charge in [-0.3, -0.25) is 4.79 Å². The number of amides is 2. The molecule has 2 heterocycles. The highest BCUT2D eigenvalue weighted by Crippen LogP contribution is 2.20. The zero-order valence-corrected chi connectivity index (χ0v) is 16.6. The van der Waals surface area contributed by atoms with Gasteiger partial charge in [0.15, 0.2) is 0 Å². The van der Waals surface area contributed by atoms with E-state index in [4.69, 9.17) is 4.74 Å². The van der Waals surface area contributed by atoms with Crippen molar-refractivity contribution in [1.29, 1.82) is 0 Å². The van der Waals surface area contributed by atoms with Gasteiger partial charge in [-0.25, -0.2) is 9.78 Å². The number of rotatable bonds is 5. The molecule has 2 amide bonds. The standard InChI is InChI=1S/C18H29N3O3S/c1-12(2)16-20-14(11-25-16)6-8-19-15(22)13-7-9-21(10-13)17(23)24-18(3,4)5/h11-13H,6-10H2,1-5H3,(H,19,22). The third-order valence-electron chi connectivity index (χ3n) is 3.95. The van der Waals surface area contributed by atoms with E-state index < -0.39 is 5.60 Å². The maximum Gasteiger partial charge on any atom is 0.410 e. The van der Waals surface area contributed by atoms with Crippen LogP contribution >= 0.6 is 11.3 Å². The molecule has 1 aromatic heterocycles. The fourth-order valence-electron chi connectivity index (χ4n) is 2.63. The molecule has 1 N–H and O–H groups in total. The molecule has 0 saturated carbocycles. The molecule has 1 aliphatic heterocycles. The molecule has 0 radical (unpaired) electrons. The van der Waals surface area contributed by atoms with Gasteiger partial charge in [0, 0.05) is 37.4 Å². The summed E-state index contributed by atoms with van der Waals surface area (Å²) in [6, 6.07) is 0. The Balaban J connectivity index is 1.73. The van der Waals surface area contributed by atoms with Gasteiger partial charge >= 0.3 is 6.09 Å². The van der Waals surface area contributed by atoms with Crippen molar-refractivity contribution in [2.75, 3.05) is 19.6 Å². The summed E-state index contributed by atoms with van der Waals surface area (Å²) in [5.41, 5.74) is 0.510. The van der Waals surface area contributed by atoms with Crippen LogP contribution in [0.4, 0.5) is 4.79 Å². The predicted octanol–water partition coefficient (Wildman–Crippen LogP) is 3.18. The second-order valence-electron chi connectivity index (χ2n) is 7.78. The molecular formula is C18H29N3O3S. The highest BCUT2D eigenvalue weighted by Gasteiger charge is 2.33. The number of aromatic nitrogens is 1. The lowest BCUT2D eigenvalue weighted by Gasteiger charge is -2.24. The van der Waals surface area contributed by atoms with Crippen LogP contribution in [-0.4, -0.2) is 47.1 Å². The van der Waals surface area contributed by atoms with Crippen LogP contribution in [0.5, 0.6) is 0 Å². The summed E-state index contributed by atoms with van der Waals surface area (Å²) < 4.78 is 5.36. The summed E-state index contributed by atoms with van der Waals surface area (Å²) in [6.07, 6.45) is 1.07. The number of ether oxygens (including phenoxy) is 1. The van der Waals surface area contributed by atoms with E-state index in [-0.39, 0.29) is 17.9 Å². The molecule has 140 valence electrons. The molecule has 0 bridgehead atoms. The van der Waals surface area contributed by atoms with Gasteiger partial charge < -0.3 is 15.0 Å². The molecule has 0 spiro atoms. The van der Waals surface area contributed by atoms with E-state index in [1.54, 1.807) is 16.2 Å². The van der Waals surface area contributed by atoms with Crippen LogP contribution < -0.4 is 5.32 Å². The Labute approximate surface area is 154 Å². The van der Waals surface area contributed by atoms with E-state index in [1.807, 2.05) is 20.8 Å². The fraction of sp³-hybridized carbons (Fsp3) is 0.722. The first-order chi connectivity index (χ1) is 11.7. The minimum atomic E-state index is -0.514. The second kappa shape index (κ2) is 8.17. The molecule has 0 aromatic carbocycles. The minimum absolute atomic E-state index is 0.00497. The first-order valence-corrected chi connectivity index (χ1v) is 9.73. The average molecular weight is 368 g/mol. The summed E-state index contributed by atoms with van der Waals surface area (Å²) in [5.74, 6) is 0.283. The molecule has 1 fully saturated rings. The molecule has 2 rings (SSSR count). The normalized spacial score (nSPS) is 17.8. The molecule has 0 aliphatic carbocycles.